The van der Waals surface area contributed by atoms with Gasteiger partial charge in [-0.1, -0.05) is 6.92 Å². The number of hydrogen-bond donors (Lipinski definition) is 0. The van der Waals surface area contributed by atoms with Crippen molar-refractivity contribution < 1.29 is 18.6 Å². The fraction of sp³-hybridized carbons (Fsp3) is 0.250. The second kappa shape index (κ2) is 7.30. The molecule has 0 unspecified atom stereocenters. The SMILES string of the molecule is CCCOc1ccc(-c2cc(=O)c3c(OC)cc(OC)cc3o2)cc1. The Morgan fingerprint density at radius 1 is 0.960 bits per heavy atom. The molecule has 0 aliphatic carbocycles. The largest absolute Gasteiger partial charge is 0.496 e. The van der Waals surface area contributed by atoms with E-state index in [-0.39, 0.29) is 5.43 Å². The maximum Gasteiger partial charge on any atom is 0.197 e. The molecule has 0 fully saturated rings. The Kier molecular flexibility index (Phi) is 4.93. The quantitative estimate of drug-likeness (QED) is 0.671. The standard InChI is InChI=1S/C20H20O5/c1-4-9-24-14-7-5-13(6-8-14)17-12-16(21)20-18(23-3)10-15(22-2)11-19(20)25-17/h5-8,10-12H,4,9H2,1-3H3. The van der Waals surface area contributed by atoms with Crippen LogP contribution in [0.1, 0.15) is 13.3 Å². The molecule has 1 heterocycles. The number of hydrogen-bond acceptors (Lipinski definition) is 5. The Hall–Kier alpha value is -2.95. The van der Waals surface area contributed by atoms with Crippen LogP contribution in [-0.4, -0.2) is 20.8 Å². The van der Waals surface area contributed by atoms with E-state index in [0.29, 0.717) is 34.8 Å². The van der Waals surface area contributed by atoms with E-state index in [1.54, 1.807) is 19.2 Å². The van der Waals surface area contributed by atoms with Crippen LogP contribution in [0.4, 0.5) is 0 Å². The topological polar surface area (TPSA) is 57.9 Å². The summed E-state index contributed by atoms with van der Waals surface area (Å²) in [5.41, 5.74) is 1.05. The van der Waals surface area contributed by atoms with E-state index in [1.165, 1.54) is 13.2 Å². The van der Waals surface area contributed by atoms with Crippen molar-refractivity contribution in [2.75, 3.05) is 20.8 Å². The van der Waals surface area contributed by atoms with E-state index >= 15 is 0 Å². The molecular formula is C20H20O5. The highest BCUT2D eigenvalue weighted by molar-refractivity contribution is 5.86. The summed E-state index contributed by atoms with van der Waals surface area (Å²) in [5.74, 6) is 2.26. The van der Waals surface area contributed by atoms with E-state index in [4.69, 9.17) is 18.6 Å². The summed E-state index contributed by atoms with van der Waals surface area (Å²) in [6.45, 7) is 2.73. The molecule has 0 spiro atoms. The molecule has 3 rings (SSSR count). The van der Waals surface area contributed by atoms with Gasteiger partial charge in [0.05, 0.1) is 20.8 Å². The minimum atomic E-state index is -0.165. The van der Waals surface area contributed by atoms with E-state index < -0.39 is 0 Å². The lowest BCUT2D eigenvalue weighted by Gasteiger charge is -2.09. The van der Waals surface area contributed by atoms with Crippen molar-refractivity contribution in [2.45, 2.75) is 13.3 Å². The summed E-state index contributed by atoms with van der Waals surface area (Å²) in [6, 6.07) is 12.3. The van der Waals surface area contributed by atoms with Crippen molar-refractivity contribution in [2.24, 2.45) is 0 Å². The van der Waals surface area contributed by atoms with Crippen molar-refractivity contribution in [3.8, 4) is 28.6 Å². The van der Waals surface area contributed by atoms with Crippen LogP contribution >= 0.6 is 0 Å². The summed E-state index contributed by atoms with van der Waals surface area (Å²) in [5, 5.41) is 0.398. The highest BCUT2D eigenvalue weighted by Gasteiger charge is 2.13. The van der Waals surface area contributed by atoms with Crippen LogP contribution in [0.15, 0.2) is 51.7 Å². The van der Waals surface area contributed by atoms with Gasteiger partial charge in [-0.25, -0.2) is 0 Å². The first-order valence-corrected chi connectivity index (χ1v) is 8.09. The molecule has 5 nitrogen and oxygen atoms in total. The second-order valence-corrected chi connectivity index (χ2v) is 5.55. The normalized spacial score (nSPS) is 10.7. The molecule has 3 aromatic rings. The molecule has 0 saturated carbocycles. The zero-order chi connectivity index (χ0) is 17.8. The third-order valence-corrected chi connectivity index (χ3v) is 3.84. The van der Waals surface area contributed by atoms with Crippen LogP contribution in [0.2, 0.25) is 0 Å². The van der Waals surface area contributed by atoms with Crippen molar-refractivity contribution in [3.63, 3.8) is 0 Å². The van der Waals surface area contributed by atoms with Gasteiger partial charge in [0.1, 0.15) is 34.0 Å². The third kappa shape index (κ3) is 3.45. The van der Waals surface area contributed by atoms with E-state index in [9.17, 15) is 4.79 Å². The smallest absolute Gasteiger partial charge is 0.197 e. The maximum atomic E-state index is 12.6. The maximum absolute atomic E-state index is 12.6. The fourth-order valence-electron chi connectivity index (χ4n) is 2.58. The predicted molar refractivity (Wildman–Crippen MR) is 96.8 cm³/mol. The molecule has 0 amide bonds. The molecule has 0 radical (unpaired) electrons. The highest BCUT2D eigenvalue weighted by atomic mass is 16.5. The molecular weight excluding hydrogens is 320 g/mol. The van der Waals surface area contributed by atoms with Gasteiger partial charge >= 0.3 is 0 Å². The van der Waals surface area contributed by atoms with Gasteiger partial charge in [-0.05, 0) is 30.7 Å². The molecule has 2 aromatic carbocycles. The van der Waals surface area contributed by atoms with Gasteiger partial charge in [-0.15, -0.1) is 0 Å². The number of ether oxygens (including phenoxy) is 3. The molecule has 1 aromatic heterocycles. The number of benzene rings is 2. The summed E-state index contributed by atoms with van der Waals surface area (Å²) in [6.07, 6.45) is 0.949. The van der Waals surface area contributed by atoms with Crippen LogP contribution in [-0.2, 0) is 0 Å². The Labute approximate surface area is 145 Å². The Morgan fingerprint density at radius 3 is 2.36 bits per heavy atom. The van der Waals surface area contributed by atoms with Crippen LogP contribution in [0.5, 0.6) is 17.2 Å². The zero-order valence-corrected chi connectivity index (χ0v) is 14.5. The van der Waals surface area contributed by atoms with Crippen LogP contribution < -0.4 is 19.6 Å². The molecule has 0 bridgehead atoms. The molecule has 0 aliphatic rings. The molecule has 25 heavy (non-hydrogen) atoms. The molecule has 0 atom stereocenters. The number of rotatable bonds is 6. The van der Waals surface area contributed by atoms with Gasteiger partial charge in [-0.2, -0.15) is 0 Å². The molecule has 130 valence electrons. The third-order valence-electron chi connectivity index (χ3n) is 3.84. The number of methoxy groups -OCH3 is 2. The first kappa shape index (κ1) is 16.9. The van der Waals surface area contributed by atoms with E-state index in [1.807, 2.05) is 24.3 Å². The van der Waals surface area contributed by atoms with Gasteiger partial charge < -0.3 is 18.6 Å². The number of fused-ring (bicyclic) bond motifs is 1. The Bertz CT molecular complexity index is 925. The lowest BCUT2D eigenvalue weighted by Crippen LogP contribution is -2.03. The van der Waals surface area contributed by atoms with Gasteiger partial charge in [0.25, 0.3) is 0 Å². The zero-order valence-electron chi connectivity index (χ0n) is 14.5. The van der Waals surface area contributed by atoms with E-state index in [0.717, 1.165) is 17.7 Å². The second-order valence-electron chi connectivity index (χ2n) is 5.55. The Morgan fingerprint density at radius 2 is 1.72 bits per heavy atom. The minimum Gasteiger partial charge on any atom is -0.496 e. The fourth-order valence-corrected chi connectivity index (χ4v) is 2.58. The lowest BCUT2D eigenvalue weighted by atomic mass is 10.1. The average Bonchev–Trinajstić information content (AvgIpc) is 2.65. The highest BCUT2D eigenvalue weighted by Crippen LogP contribution is 2.32. The first-order valence-electron chi connectivity index (χ1n) is 8.09. The van der Waals surface area contributed by atoms with E-state index in [2.05, 4.69) is 6.92 Å². The average molecular weight is 340 g/mol. The summed E-state index contributed by atoms with van der Waals surface area (Å²) in [7, 11) is 3.06. The van der Waals surface area contributed by atoms with Crippen molar-refractivity contribution >= 4 is 11.0 Å². The van der Waals surface area contributed by atoms with Gasteiger partial charge in [0.15, 0.2) is 5.43 Å². The summed E-state index contributed by atoms with van der Waals surface area (Å²) < 4.78 is 22.0. The predicted octanol–water partition coefficient (Wildman–Crippen LogP) is 4.27. The van der Waals surface area contributed by atoms with Crippen molar-refractivity contribution in [1.29, 1.82) is 0 Å². The van der Waals surface area contributed by atoms with Crippen molar-refractivity contribution in [3.05, 3.63) is 52.7 Å². The first-order chi connectivity index (χ1) is 12.2. The molecule has 5 heteroatoms. The monoisotopic (exact) mass is 340 g/mol. The summed E-state index contributed by atoms with van der Waals surface area (Å²) in [4.78, 5) is 12.6. The molecule has 0 N–H and O–H groups in total. The van der Waals surface area contributed by atoms with Crippen molar-refractivity contribution in [1.82, 2.24) is 0 Å². The van der Waals surface area contributed by atoms with Crippen LogP contribution in [0.25, 0.3) is 22.3 Å². The van der Waals surface area contributed by atoms with Gasteiger partial charge in [-0.3, -0.25) is 4.79 Å². The minimum absolute atomic E-state index is 0.165. The van der Waals surface area contributed by atoms with Crippen LogP contribution in [0, 0.1) is 0 Å². The Balaban J connectivity index is 2.07. The molecule has 0 saturated heterocycles. The van der Waals surface area contributed by atoms with Crippen LogP contribution in [0.3, 0.4) is 0 Å². The lowest BCUT2D eigenvalue weighted by molar-refractivity contribution is 0.317. The van der Waals surface area contributed by atoms with Gasteiger partial charge in [0, 0.05) is 23.8 Å². The van der Waals surface area contributed by atoms with Gasteiger partial charge in [0.2, 0.25) is 0 Å². The molecule has 0 aliphatic heterocycles. The summed E-state index contributed by atoms with van der Waals surface area (Å²) >= 11 is 0.